The quantitative estimate of drug-likeness (QED) is 0.762. The molecule has 2 rings (SSSR count). The third-order valence-corrected chi connectivity index (χ3v) is 4.47. The number of rotatable bonds is 7. The van der Waals surface area contributed by atoms with Gasteiger partial charge in [-0.15, -0.1) is 11.8 Å². The number of esters is 1. The second-order valence-corrected chi connectivity index (χ2v) is 6.51. The van der Waals surface area contributed by atoms with E-state index in [0.29, 0.717) is 28.6 Å². The molecule has 6 heteroatoms. The molecular weight excluding hydrogens is 346 g/mol. The van der Waals surface area contributed by atoms with Crippen molar-refractivity contribution < 1.29 is 14.3 Å². The van der Waals surface area contributed by atoms with Gasteiger partial charge >= 0.3 is 5.97 Å². The normalized spacial score (nSPS) is 10.2. The van der Waals surface area contributed by atoms with Gasteiger partial charge in [0.25, 0.3) is 0 Å². The first kappa shape index (κ1) is 18.4. The topological polar surface area (TPSA) is 55.4 Å². The molecule has 0 atom stereocenters. The molecule has 126 valence electrons. The van der Waals surface area contributed by atoms with Crippen LogP contribution < -0.4 is 5.32 Å². The number of amides is 1. The van der Waals surface area contributed by atoms with Crippen molar-refractivity contribution >= 4 is 35.2 Å². The van der Waals surface area contributed by atoms with Gasteiger partial charge < -0.3 is 10.1 Å². The predicted octanol–water partition coefficient (Wildman–Crippen LogP) is 3.68. The molecule has 0 aliphatic heterocycles. The zero-order valence-electron chi connectivity index (χ0n) is 13.3. The Labute approximate surface area is 150 Å². The third-order valence-electron chi connectivity index (χ3n) is 3.23. The average molecular weight is 364 g/mol. The fourth-order valence-corrected chi connectivity index (χ4v) is 3.08. The molecular formula is C18H18ClNO3S. The summed E-state index contributed by atoms with van der Waals surface area (Å²) in [5, 5.41) is 3.51. The molecule has 24 heavy (non-hydrogen) atoms. The Balaban J connectivity index is 1.75. The summed E-state index contributed by atoms with van der Waals surface area (Å²) in [6.07, 6.45) is 0. The number of carbonyl (C=O) groups excluding carboxylic acids is 2. The second-order valence-electron chi connectivity index (χ2n) is 5.09. The SMILES string of the molecule is COC(=O)c1cccc(CSCC(=O)NCc2cccc(Cl)c2)c1. The number of hydrogen-bond acceptors (Lipinski definition) is 4. The molecule has 0 heterocycles. The third kappa shape index (κ3) is 5.91. The van der Waals surface area contributed by atoms with Crippen LogP contribution in [0.3, 0.4) is 0 Å². The molecule has 0 radical (unpaired) electrons. The highest BCUT2D eigenvalue weighted by molar-refractivity contribution is 7.99. The Bertz CT molecular complexity index is 721. The van der Waals surface area contributed by atoms with Crippen molar-refractivity contribution in [2.75, 3.05) is 12.9 Å². The Morgan fingerprint density at radius 1 is 1.12 bits per heavy atom. The van der Waals surface area contributed by atoms with Crippen LogP contribution in [-0.4, -0.2) is 24.7 Å². The van der Waals surface area contributed by atoms with Gasteiger partial charge in [-0.1, -0.05) is 35.9 Å². The lowest BCUT2D eigenvalue weighted by molar-refractivity contribution is -0.118. The lowest BCUT2D eigenvalue weighted by Crippen LogP contribution is -2.24. The summed E-state index contributed by atoms with van der Waals surface area (Å²) < 4.78 is 4.70. The highest BCUT2D eigenvalue weighted by Gasteiger charge is 2.07. The molecule has 0 fully saturated rings. The van der Waals surface area contributed by atoms with E-state index in [0.717, 1.165) is 11.1 Å². The molecule has 4 nitrogen and oxygen atoms in total. The van der Waals surface area contributed by atoms with Gasteiger partial charge in [-0.05, 0) is 35.4 Å². The summed E-state index contributed by atoms with van der Waals surface area (Å²) >= 11 is 7.40. The van der Waals surface area contributed by atoms with Crippen molar-refractivity contribution in [3.05, 3.63) is 70.2 Å². The number of hydrogen-bond donors (Lipinski definition) is 1. The number of nitrogens with one attached hydrogen (secondary N) is 1. The lowest BCUT2D eigenvalue weighted by atomic mass is 10.1. The highest BCUT2D eigenvalue weighted by atomic mass is 35.5. The van der Waals surface area contributed by atoms with E-state index in [1.165, 1.54) is 18.9 Å². The van der Waals surface area contributed by atoms with E-state index < -0.39 is 0 Å². The molecule has 0 unspecified atom stereocenters. The lowest BCUT2D eigenvalue weighted by Gasteiger charge is -2.06. The van der Waals surface area contributed by atoms with Crippen LogP contribution in [0.25, 0.3) is 0 Å². The van der Waals surface area contributed by atoms with Gasteiger partial charge in [0, 0.05) is 17.3 Å². The minimum Gasteiger partial charge on any atom is -0.465 e. The van der Waals surface area contributed by atoms with E-state index in [1.54, 1.807) is 24.3 Å². The Morgan fingerprint density at radius 2 is 1.88 bits per heavy atom. The second kappa shape index (κ2) is 9.35. The van der Waals surface area contributed by atoms with E-state index in [-0.39, 0.29) is 11.9 Å². The molecule has 0 bridgehead atoms. The first-order valence-corrected chi connectivity index (χ1v) is 8.88. The number of carbonyl (C=O) groups is 2. The van der Waals surface area contributed by atoms with Crippen LogP contribution in [0.1, 0.15) is 21.5 Å². The van der Waals surface area contributed by atoms with E-state index in [1.807, 2.05) is 24.3 Å². The number of benzene rings is 2. The van der Waals surface area contributed by atoms with E-state index in [4.69, 9.17) is 16.3 Å². The summed E-state index contributed by atoms with van der Waals surface area (Å²) in [7, 11) is 1.36. The Kier molecular flexibility index (Phi) is 7.15. The Hall–Kier alpha value is -1.98. The first-order valence-electron chi connectivity index (χ1n) is 7.34. The molecule has 0 saturated heterocycles. The van der Waals surface area contributed by atoms with Crippen molar-refractivity contribution in [3.8, 4) is 0 Å². The Morgan fingerprint density at radius 3 is 2.62 bits per heavy atom. The molecule has 1 N–H and O–H groups in total. The van der Waals surface area contributed by atoms with E-state index in [9.17, 15) is 9.59 Å². The molecule has 0 aliphatic carbocycles. The predicted molar refractivity (Wildman–Crippen MR) is 97.2 cm³/mol. The van der Waals surface area contributed by atoms with Gasteiger partial charge in [0.05, 0.1) is 18.4 Å². The van der Waals surface area contributed by atoms with E-state index in [2.05, 4.69) is 5.32 Å². The van der Waals surface area contributed by atoms with Crippen LogP contribution in [0, 0.1) is 0 Å². The molecule has 2 aromatic rings. The first-order chi connectivity index (χ1) is 11.6. The van der Waals surface area contributed by atoms with Gasteiger partial charge in [-0.25, -0.2) is 4.79 Å². The molecule has 0 spiro atoms. The van der Waals surface area contributed by atoms with Crippen molar-refractivity contribution in [2.45, 2.75) is 12.3 Å². The molecule has 1 amide bonds. The van der Waals surface area contributed by atoms with Crippen molar-refractivity contribution in [1.82, 2.24) is 5.32 Å². The molecule has 2 aromatic carbocycles. The molecule has 0 aliphatic rings. The summed E-state index contributed by atoms with van der Waals surface area (Å²) in [4.78, 5) is 23.4. The van der Waals surface area contributed by atoms with E-state index >= 15 is 0 Å². The smallest absolute Gasteiger partial charge is 0.337 e. The van der Waals surface area contributed by atoms with Gasteiger partial charge in [-0.2, -0.15) is 0 Å². The number of methoxy groups -OCH3 is 1. The fourth-order valence-electron chi connectivity index (χ4n) is 2.07. The van der Waals surface area contributed by atoms with Gasteiger partial charge in [-0.3, -0.25) is 4.79 Å². The summed E-state index contributed by atoms with van der Waals surface area (Å²) in [5.41, 5.74) is 2.46. The van der Waals surface area contributed by atoms with Crippen LogP contribution >= 0.6 is 23.4 Å². The van der Waals surface area contributed by atoms with Gasteiger partial charge in [0.1, 0.15) is 0 Å². The molecule has 0 aromatic heterocycles. The van der Waals surface area contributed by atoms with Crippen LogP contribution in [0.2, 0.25) is 5.02 Å². The van der Waals surface area contributed by atoms with Crippen molar-refractivity contribution in [1.29, 1.82) is 0 Å². The summed E-state index contributed by atoms with van der Waals surface area (Å²) in [6, 6.07) is 14.6. The average Bonchev–Trinajstić information content (AvgIpc) is 2.59. The number of ether oxygens (including phenoxy) is 1. The summed E-state index contributed by atoms with van der Waals surface area (Å²) in [6.45, 7) is 0.456. The number of thioether (sulfide) groups is 1. The van der Waals surface area contributed by atoms with Crippen LogP contribution in [0.5, 0.6) is 0 Å². The van der Waals surface area contributed by atoms with Crippen LogP contribution in [0.15, 0.2) is 48.5 Å². The monoisotopic (exact) mass is 363 g/mol. The van der Waals surface area contributed by atoms with Crippen molar-refractivity contribution in [3.63, 3.8) is 0 Å². The zero-order chi connectivity index (χ0) is 17.4. The number of halogens is 1. The van der Waals surface area contributed by atoms with Crippen LogP contribution in [-0.2, 0) is 21.8 Å². The molecule has 0 saturated carbocycles. The maximum absolute atomic E-state index is 11.9. The summed E-state index contributed by atoms with van der Waals surface area (Å²) in [5.74, 6) is 0.600. The standard InChI is InChI=1S/C18H18ClNO3S/c1-23-18(22)15-6-2-5-14(8-15)11-24-12-17(21)20-10-13-4-3-7-16(19)9-13/h2-9H,10-12H2,1H3,(H,20,21). The fraction of sp³-hybridized carbons (Fsp3) is 0.222. The minimum atomic E-state index is -0.360. The minimum absolute atomic E-state index is 0.0379. The highest BCUT2D eigenvalue weighted by Crippen LogP contribution is 2.15. The van der Waals surface area contributed by atoms with Crippen LogP contribution in [0.4, 0.5) is 0 Å². The maximum Gasteiger partial charge on any atom is 0.337 e. The van der Waals surface area contributed by atoms with Gasteiger partial charge in [0.2, 0.25) is 5.91 Å². The maximum atomic E-state index is 11.9. The van der Waals surface area contributed by atoms with Crippen molar-refractivity contribution in [2.24, 2.45) is 0 Å². The van der Waals surface area contributed by atoms with Gasteiger partial charge in [0.15, 0.2) is 0 Å². The zero-order valence-corrected chi connectivity index (χ0v) is 14.8. The largest absolute Gasteiger partial charge is 0.465 e.